The number of rotatable bonds is 4. The first kappa shape index (κ1) is 10.6. The van der Waals surface area contributed by atoms with E-state index in [1.807, 2.05) is 23.8 Å². The van der Waals surface area contributed by atoms with Crippen LogP contribution >= 0.6 is 0 Å². The summed E-state index contributed by atoms with van der Waals surface area (Å²) >= 11 is 0. The molecule has 0 saturated carbocycles. The first-order chi connectivity index (χ1) is 7.85. The molecule has 0 saturated heterocycles. The molecule has 0 radical (unpaired) electrons. The van der Waals surface area contributed by atoms with E-state index in [2.05, 4.69) is 27.2 Å². The largest absolute Gasteiger partial charge is 0.354 e. The number of imidazole rings is 1. The van der Waals surface area contributed by atoms with Crippen LogP contribution in [-0.2, 0) is 6.42 Å². The van der Waals surface area contributed by atoms with Crippen LogP contribution in [0.5, 0.6) is 0 Å². The molecule has 2 aromatic rings. The zero-order chi connectivity index (χ0) is 11.4. The summed E-state index contributed by atoms with van der Waals surface area (Å²) in [5.41, 5.74) is 0. The third kappa shape index (κ3) is 2.03. The summed E-state index contributed by atoms with van der Waals surface area (Å²) in [4.78, 5) is 12.8. The Kier molecular flexibility index (Phi) is 3.14. The van der Waals surface area contributed by atoms with Gasteiger partial charge in [-0.25, -0.2) is 9.97 Å². The zero-order valence-corrected chi connectivity index (χ0v) is 9.51. The summed E-state index contributed by atoms with van der Waals surface area (Å²) in [6.07, 6.45) is 6.33. The molecule has 84 valence electrons. The first-order valence-corrected chi connectivity index (χ1v) is 5.44. The average Bonchev–Trinajstić information content (AvgIpc) is 2.78. The van der Waals surface area contributed by atoms with E-state index in [-0.39, 0.29) is 0 Å². The molecule has 0 aliphatic heterocycles. The first-order valence-electron chi connectivity index (χ1n) is 5.44. The van der Waals surface area contributed by atoms with Crippen LogP contribution in [0.3, 0.4) is 0 Å². The monoisotopic (exact) mass is 217 g/mol. The van der Waals surface area contributed by atoms with Gasteiger partial charge in [0.25, 0.3) is 0 Å². The van der Waals surface area contributed by atoms with E-state index in [1.165, 1.54) is 0 Å². The summed E-state index contributed by atoms with van der Waals surface area (Å²) in [6, 6.07) is 1.88. The SMILES string of the molecule is CCNc1nccc(-n2ccnc2CC)n1. The molecule has 1 N–H and O–H groups in total. The maximum Gasteiger partial charge on any atom is 0.224 e. The number of nitrogens with zero attached hydrogens (tertiary/aromatic N) is 4. The van der Waals surface area contributed by atoms with Crippen molar-refractivity contribution in [3.05, 3.63) is 30.5 Å². The molecule has 0 fully saturated rings. The highest BCUT2D eigenvalue weighted by Crippen LogP contribution is 2.09. The Balaban J connectivity index is 2.36. The Morgan fingerprint density at radius 1 is 1.25 bits per heavy atom. The van der Waals surface area contributed by atoms with Crippen LogP contribution in [0.15, 0.2) is 24.7 Å². The number of nitrogens with one attached hydrogen (secondary N) is 1. The maximum absolute atomic E-state index is 4.41. The summed E-state index contributed by atoms with van der Waals surface area (Å²) in [5.74, 6) is 2.50. The van der Waals surface area contributed by atoms with E-state index < -0.39 is 0 Å². The van der Waals surface area contributed by atoms with Gasteiger partial charge in [0.1, 0.15) is 11.6 Å². The van der Waals surface area contributed by atoms with Gasteiger partial charge in [0.15, 0.2) is 0 Å². The second kappa shape index (κ2) is 4.74. The summed E-state index contributed by atoms with van der Waals surface area (Å²) in [7, 11) is 0. The van der Waals surface area contributed by atoms with Gasteiger partial charge in [-0.1, -0.05) is 6.92 Å². The van der Waals surface area contributed by atoms with Gasteiger partial charge in [0.2, 0.25) is 5.95 Å². The molecule has 0 aromatic carbocycles. The average molecular weight is 217 g/mol. The fourth-order valence-corrected chi connectivity index (χ4v) is 1.53. The van der Waals surface area contributed by atoms with Crippen molar-refractivity contribution in [2.24, 2.45) is 0 Å². The Labute approximate surface area is 94.6 Å². The highest BCUT2D eigenvalue weighted by Gasteiger charge is 2.04. The molecule has 0 amide bonds. The smallest absolute Gasteiger partial charge is 0.224 e. The Morgan fingerprint density at radius 3 is 2.88 bits per heavy atom. The van der Waals surface area contributed by atoms with E-state index in [9.17, 15) is 0 Å². The van der Waals surface area contributed by atoms with Crippen LogP contribution in [0.4, 0.5) is 5.95 Å². The molecular weight excluding hydrogens is 202 g/mol. The molecule has 16 heavy (non-hydrogen) atoms. The van der Waals surface area contributed by atoms with Crippen molar-refractivity contribution in [2.75, 3.05) is 11.9 Å². The molecule has 2 heterocycles. The quantitative estimate of drug-likeness (QED) is 0.846. The standard InChI is InChI=1S/C11H15N5/c1-3-9-13-7-8-16(9)10-5-6-14-11(15-10)12-4-2/h5-8H,3-4H2,1-2H3,(H,12,14,15). The zero-order valence-electron chi connectivity index (χ0n) is 9.51. The molecule has 2 rings (SSSR count). The fraction of sp³-hybridized carbons (Fsp3) is 0.364. The predicted octanol–water partition coefficient (Wildman–Crippen LogP) is 1.66. The Bertz CT molecular complexity index is 463. The van der Waals surface area contributed by atoms with Gasteiger partial charge in [0.05, 0.1) is 0 Å². The maximum atomic E-state index is 4.41. The highest BCUT2D eigenvalue weighted by molar-refractivity contribution is 5.32. The topological polar surface area (TPSA) is 55.6 Å². The molecule has 0 unspecified atom stereocenters. The third-order valence-corrected chi connectivity index (χ3v) is 2.26. The van der Waals surface area contributed by atoms with Crippen LogP contribution in [0.1, 0.15) is 19.7 Å². The van der Waals surface area contributed by atoms with Gasteiger partial charge >= 0.3 is 0 Å². The summed E-state index contributed by atoms with van der Waals surface area (Å²) in [6.45, 7) is 4.91. The van der Waals surface area contributed by atoms with Crippen LogP contribution in [0.2, 0.25) is 0 Å². The van der Waals surface area contributed by atoms with Gasteiger partial charge in [0, 0.05) is 31.6 Å². The van der Waals surface area contributed by atoms with Gasteiger partial charge < -0.3 is 5.32 Å². The summed E-state index contributed by atoms with van der Waals surface area (Å²) in [5, 5.41) is 3.09. The van der Waals surface area contributed by atoms with Crippen molar-refractivity contribution in [3.63, 3.8) is 0 Å². The number of aryl methyl sites for hydroxylation is 1. The lowest BCUT2D eigenvalue weighted by Gasteiger charge is -2.07. The minimum Gasteiger partial charge on any atom is -0.354 e. The molecule has 0 aliphatic carbocycles. The lowest BCUT2D eigenvalue weighted by atomic mass is 10.4. The lowest BCUT2D eigenvalue weighted by molar-refractivity contribution is 0.861. The predicted molar refractivity (Wildman–Crippen MR) is 62.7 cm³/mol. The van der Waals surface area contributed by atoms with Gasteiger partial charge in [-0.2, -0.15) is 4.98 Å². The minimum absolute atomic E-state index is 0.649. The van der Waals surface area contributed by atoms with Gasteiger partial charge in [-0.3, -0.25) is 4.57 Å². The molecule has 0 atom stereocenters. The fourth-order valence-electron chi connectivity index (χ4n) is 1.53. The van der Waals surface area contributed by atoms with E-state index in [4.69, 9.17) is 0 Å². The molecule has 0 aliphatic rings. The lowest BCUT2D eigenvalue weighted by Crippen LogP contribution is -2.06. The molecule has 5 heteroatoms. The number of anilines is 1. The van der Waals surface area contributed by atoms with Crippen molar-refractivity contribution < 1.29 is 0 Å². The Morgan fingerprint density at radius 2 is 2.12 bits per heavy atom. The van der Waals surface area contributed by atoms with Crippen molar-refractivity contribution in [2.45, 2.75) is 20.3 Å². The molecule has 0 spiro atoms. The molecule has 5 nitrogen and oxygen atoms in total. The number of aromatic nitrogens is 4. The van der Waals surface area contributed by atoms with E-state index in [0.29, 0.717) is 5.95 Å². The Hall–Kier alpha value is -1.91. The molecular formula is C11H15N5. The molecule has 2 aromatic heterocycles. The minimum atomic E-state index is 0.649. The van der Waals surface area contributed by atoms with Crippen LogP contribution in [0.25, 0.3) is 5.82 Å². The van der Waals surface area contributed by atoms with Gasteiger partial charge in [-0.05, 0) is 13.0 Å². The molecule has 0 bridgehead atoms. The number of hydrogen-bond donors (Lipinski definition) is 1. The highest BCUT2D eigenvalue weighted by atomic mass is 15.2. The summed E-state index contributed by atoms with van der Waals surface area (Å²) < 4.78 is 1.97. The van der Waals surface area contributed by atoms with Crippen molar-refractivity contribution in [1.29, 1.82) is 0 Å². The van der Waals surface area contributed by atoms with Crippen molar-refractivity contribution >= 4 is 5.95 Å². The second-order valence-corrected chi connectivity index (χ2v) is 3.34. The number of hydrogen-bond acceptors (Lipinski definition) is 4. The normalized spacial score (nSPS) is 10.4. The van der Waals surface area contributed by atoms with Gasteiger partial charge in [-0.15, -0.1) is 0 Å². The van der Waals surface area contributed by atoms with Crippen LogP contribution in [0, 0.1) is 0 Å². The van der Waals surface area contributed by atoms with E-state index in [1.54, 1.807) is 12.4 Å². The van der Waals surface area contributed by atoms with E-state index >= 15 is 0 Å². The van der Waals surface area contributed by atoms with Crippen molar-refractivity contribution in [3.8, 4) is 5.82 Å². The second-order valence-electron chi connectivity index (χ2n) is 3.34. The van der Waals surface area contributed by atoms with Crippen molar-refractivity contribution in [1.82, 2.24) is 19.5 Å². The third-order valence-electron chi connectivity index (χ3n) is 2.26. The van der Waals surface area contributed by atoms with Crippen LogP contribution < -0.4 is 5.32 Å². The van der Waals surface area contributed by atoms with Crippen LogP contribution in [-0.4, -0.2) is 26.1 Å². The van der Waals surface area contributed by atoms with E-state index in [0.717, 1.165) is 24.6 Å².